The van der Waals surface area contributed by atoms with E-state index >= 15 is 0 Å². The molecule has 3 aliphatic heterocycles. The maximum atomic E-state index is 13.3. The van der Waals surface area contributed by atoms with Gasteiger partial charge < -0.3 is 9.64 Å². The molecule has 2 saturated heterocycles. The zero-order chi connectivity index (χ0) is 23.4. The fourth-order valence-corrected chi connectivity index (χ4v) is 7.95. The maximum absolute atomic E-state index is 13.3. The molecule has 3 heterocycles. The number of rotatable bonds is 8. The molecular formula is C26H35N3O3S2. The Bertz CT molecular complexity index is 1060. The van der Waals surface area contributed by atoms with E-state index in [1.54, 1.807) is 36.0 Å². The Morgan fingerprint density at radius 1 is 0.971 bits per heavy atom. The lowest BCUT2D eigenvalue weighted by atomic mass is 10.1. The Hall–Kier alpha value is -1.74. The van der Waals surface area contributed by atoms with Gasteiger partial charge in [-0.3, -0.25) is 9.21 Å². The molecule has 184 valence electrons. The summed E-state index contributed by atoms with van der Waals surface area (Å²) in [7, 11) is -3.59. The molecule has 6 nitrogen and oxygen atoms in total. The Morgan fingerprint density at radius 2 is 1.79 bits per heavy atom. The minimum Gasteiger partial charge on any atom is -0.493 e. The predicted molar refractivity (Wildman–Crippen MR) is 139 cm³/mol. The van der Waals surface area contributed by atoms with Crippen LogP contribution < -0.4 is 9.04 Å². The molecule has 2 fully saturated rings. The number of benzene rings is 2. The standard InChI is InChI=1S/C26H35N3O3S2/c30-34(31,24-8-3-1-4-9-24)29-17-19-33-26-11-10-23(20-25(26)29)32-18-7-13-27-16-12-22(21-27)28-14-5-2-6-15-28/h1,3-4,8-11,20,22H,2,5-7,12-19,21H2/t22-/m0/s1. The Kier molecular flexibility index (Phi) is 7.68. The van der Waals surface area contributed by atoms with Crippen molar-refractivity contribution in [3.05, 3.63) is 48.5 Å². The lowest BCUT2D eigenvalue weighted by Crippen LogP contribution is -2.41. The molecule has 5 rings (SSSR count). The number of fused-ring (bicyclic) bond motifs is 1. The average Bonchev–Trinajstić information content (AvgIpc) is 3.36. The minimum absolute atomic E-state index is 0.327. The number of sulfonamides is 1. The smallest absolute Gasteiger partial charge is 0.264 e. The van der Waals surface area contributed by atoms with E-state index in [2.05, 4.69) is 9.80 Å². The first kappa shape index (κ1) is 24.0. The van der Waals surface area contributed by atoms with Gasteiger partial charge in [0, 0.05) is 42.4 Å². The van der Waals surface area contributed by atoms with Gasteiger partial charge in [0.1, 0.15) is 5.75 Å². The molecule has 2 aromatic rings. The highest BCUT2D eigenvalue weighted by Crippen LogP contribution is 2.40. The third kappa shape index (κ3) is 5.40. The van der Waals surface area contributed by atoms with E-state index in [0.717, 1.165) is 41.1 Å². The molecule has 0 N–H and O–H groups in total. The topological polar surface area (TPSA) is 53.1 Å². The fourth-order valence-electron chi connectivity index (χ4n) is 5.31. The van der Waals surface area contributed by atoms with Crippen LogP contribution >= 0.6 is 11.8 Å². The van der Waals surface area contributed by atoms with Crippen molar-refractivity contribution in [1.29, 1.82) is 0 Å². The van der Waals surface area contributed by atoms with Crippen LogP contribution in [0.25, 0.3) is 0 Å². The quantitative estimate of drug-likeness (QED) is 0.503. The highest BCUT2D eigenvalue weighted by Gasteiger charge is 2.30. The normalized spacial score (nSPS) is 22.0. The molecule has 2 aromatic carbocycles. The number of likely N-dealkylation sites (tertiary alicyclic amines) is 2. The van der Waals surface area contributed by atoms with E-state index in [9.17, 15) is 8.42 Å². The van der Waals surface area contributed by atoms with Gasteiger partial charge in [0.15, 0.2) is 0 Å². The summed E-state index contributed by atoms with van der Waals surface area (Å²) in [4.78, 5) is 6.58. The molecule has 3 aliphatic rings. The second-order valence-corrected chi connectivity index (χ2v) is 12.4. The highest BCUT2D eigenvalue weighted by molar-refractivity contribution is 8.00. The van der Waals surface area contributed by atoms with Gasteiger partial charge in [0.05, 0.1) is 17.2 Å². The fraction of sp³-hybridized carbons (Fsp3) is 0.538. The molecule has 1 atom stereocenters. The van der Waals surface area contributed by atoms with Crippen LogP contribution in [-0.4, -0.2) is 75.9 Å². The number of piperidine rings is 1. The van der Waals surface area contributed by atoms with Gasteiger partial charge >= 0.3 is 0 Å². The van der Waals surface area contributed by atoms with E-state index in [4.69, 9.17) is 4.74 Å². The van der Waals surface area contributed by atoms with Gasteiger partial charge in [0.2, 0.25) is 0 Å². The third-order valence-electron chi connectivity index (χ3n) is 7.12. The van der Waals surface area contributed by atoms with Crippen LogP contribution in [0.2, 0.25) is 0 Å². The molecule has 0 bridgehead atoms. The Morgan fingerprint density at radius 3 is 2.62 bits per heavy atom. The first-order valence-corrected chi connectivity index (χ1v) is 15.0. The van der Waals surface area contributed by atoms with Crippen LogP contribution in [-0.2, 0) is 10.0 Å². The average molecular weight is 502 g/mol. The molecule has 0 unspecified atom stereocenters. The highest BCUT2D eigenvalue weighted by atomic mass is 32.2. The van der Waals surface area contributed by atoms with Gasteiger partial charge in [-0.25, -0.2) is 8.42 Å². The summed E-state index contributed by atoms with van der Waals surface area (Å²) in [6, 6.07) is 15.3. The maximum Gasteiger partial charge on any atom is 0.264 e. The summed E-state index contributed by atoms with van der Waals surface area (Å²) in [6.45, 7) is 7.07. The lowest BCUT2D eigenvalue weighted by Gasteiger charge is -2.32. The number of thioether (sulfide) groups is 1. The SMILES string of the molecule is O=S(=O)(c1ccccc1)N1CCSc2ccc(OCCCN3CC[C@H](N4CCCCC4)C3)cc21. The van der Waals surface area contributed by atoms with Gasteiger partial charge in [-0.1, -0.05) is 24.6 Å². The number of hydrogen-bond acceptors (Lipinski definition) is 6. The summed E-state index contributed by atoms with van der Waals surface area (Å²) >= 11 is 1.70. The molecule has 0 spiro atoms. The van der Waals surface area contributed by atoms with Crippen molar-refractivity contribution in [2.24, 2.45) is 0 Å². The first-order valence-electron chi connectivity index (χ1n) is 12.6. The van der Waals surface area contributed by atoms with E-state index in [1.807, 2.05) is 24.3 Å². The Labute approximate surface area is 208 Å². The zero-order valence-corrected chi connectivity index (χ0v) is 21.4. The van der Waals surface area contributed by atoms with Crippen LogP contribution in [0.3, 0.4) is 0 Å². The van der Waals surface area contributed by atoms with Crippen molar-refractivity contribution >= 4 is 27.5 Å². The van der Waals surface area contributed by atoms with Crippen molar-refractivity contribution in [3.63, 3.8) is 0 Å². The van der Waals surface area contributed by atoms with Crippen LogP contribution in [0.15, 0.2) is 58.3 Å². The monoisotopic (exact) mass is 501 g/mol. The zero-order valence-electron chi connectivity index (χ0n) is 19.8. The second kappa shape index (κ2) is 10.9. The van der Waals surface area contributed by atoms with Crippen molar-refractivity contribution in [1.82, 2.24) is 9.80 Å². The molecule has 0 amide bonds. The Balaban J connectivity index is 1.16. The van der Waals surface area contributed by atoms with Crippen molar-refractivity contribution in [2.75, 3.05) is 55.9 Å². The largest absolute Gasteiger partial charge is 0.493 e. The number of anilines is 1. The third-order valence-corrected chi connectivity index (χ3v) is 9.99. The number of ether oxygens (including phenoxy) is 1. The summed E-state index contributed by atoms with van der Waals surface area (Å²) in [5.74, 6) is 1.48. The molecule has 8 heteroatoms. The van der Waals surface area contributed by atoms with E-state index in [0.29, 0.717) is 18.0 Å². The molecule has 34 heavy (non-hydrogen) atoms. The van der Waals surface area contributed by atoms with Gasteiger partial charge in [-0.15, -0.1) is 11.8 Å². The summed E-state index contributed by atoms with van der Waals surface area (Å²) in [5.41, 5.74) is 0.724. The van der Waals surface area contributed by atoms with Crippen LogP contribution in [0.4, 0.5) is 5.69 Å². The van der Waals surface area contributed by atoms with Crippen molar-refractivity contribution in [3.8, 4) is 5.75 Å². The molecule has 0 aromatic heterocycles. The molecule has 0 saturated carbocycles. The van der Waals surface area contributed by atoms with Crippen molar-refractivity contribution < 1.29 is 13.2 Å². The molecule has 0 aliphatic carbocycles. The second-order valence-electron chi connectivity index (χ2n) is 9.41. The summed E-state index contributed by atoms with van der Waals surface area (Å²) < 4.78 is 34.2. The number of nitrogens with zero attached hydrogens (tertiary/aromatic N) is 3. The minimum atomic E-state index is -3.59. The van der Waals surface area contributed by atoms with Crippen LogP contribution in [0.1, 0.15) is 32.1 Å². The van der Waals surface area contributed by atoms with Crippen LogP contribution in [0.5, 0.6) is 5.75 Å². The van der Waals surface area contributed by atoms with Crippen LogP contribution in [0, 0.1) is 0 Å². The summed E-state index contributed by atoms with van der Waals surface area (Å²) in [5, 5.41) is 0. The van der Waals surface area contributed by atoms with Gasteiger partial charge in [-0.2, -0.15) is 0 Å². The lowest BCUT2D eigenvalue weighted by molar-refractivity contribution is 0.160. The number of hydrogen-bond donors (Lipinski definition) is 0. The van der Waals surface area contributed by atoms with E-state index < -0.39 is 10.0 Å². The summed E-state index contributed by atoms with van der Waals surface area (Å²) in [6.07, 6.45) is 6.36. The van der Waals surface area contributed by atoms with Gasteiger partial charge in [-0.05, 0) is 69.6 Å². The molecule has 0 radical (unpaired) electrons. The first-order chi connectivity index (χ1) is 16.6. The predicted octanol–water partition coefficient (Wildman–Crippen LogP) is 4.32. The van der Waals surface area contributed by atoms with E-state index in [-0.39, 0.29) is 0 Å². The molecular weight excluding hydrogens is 466 g/mol. The van der Waals surface area contributed by atoms with E-state index in [1.165, 1.54) is 56.2 Å². The van der Waals surface area contributed by atoms with Gasteiger partial charge in [0.25, 0.3) is 10.0 Å². The van der Waals surface area contributed by atoms with Crippen molar-refractivity contribution in [2.45, 2.75) is 47.9 Å².